The molecule has 0 radical (unpaired) electrons. The van der Waals surface area contributed by atoms with Gasteiger partial charge in [0.1, 0.15) is 16.9 Å². The second kappa shape index (κ2) is 12.6. The number of likely N-dealkylation sites (N-methyl/N-ethyl adjacent to an activating group) is 2. The highest BCUT2D eigenvalue weighted by Crippen LogP contribution is 2.41. The normalized spacial score (nSPS) is 11.2. The lowest BCUT2D eigenvalue weighted by Crippen LogP contribution is -2.28. The van der Waals surface area contributed by atoms with Crippen molar-refractivity contribution in [2.75, 3.05) is 53.8 Å². The molecule has 0 saturated carbocycles. The fourth-order valence-electron chi connectivity index (χ4n) is 4.02. The summed E-state index contributed by atoms with van der Waals surface area (Å²) in [5.41, 5.74) is 0.900. The maximum atomic E-state index is 15.2. The molecule has 0 aliphatic heterocycles. The SMILES string of the molecule is COc1cc(OC)c(F)c(-c2ccc(OC(=O)Nc3ccc(CN(C)CCN(C)C)cn3)c3nccnc23)c1F. The Labute approximate surface area is 230 Å². The average molecular weight is 553 g/mol. The van der Waals surface area contributed by atoms with Gasteiger partial charge >= 0.3 is 6.09 Å². The number of hydrogen-bond donors (Lipinski definition) is 1. The van der Waals surface area contributed by atoms with Crippen LogP contribution in [0.3, 0.4) is 0 Å². The Kier molecular flexibility index (Phi) is 9.02. The number of nitrogens with zero attached hydrogens (tertiary/aromatic N) is 5. The first kappa shape index (κ1) is 28.6. The minimum atomic E-state index is -0.933. The molecule has 1 amide bonds. The number of anilines is 1. The first-order chi connectivity index (χ1) is 19.2. The van der Waals surface area contributed by atoms with Crippen molar-refractivity contribution in [2.24, 2.45) is 0 Å². The van der Waals surface area contributed by atoms with Gasteiger partial charge in [-0.2, -0.15) is 0 Å². The first-order valence-corrected chi connectivity index (χ1v) is 12.3. The molecule has 2 heterocycles. The van der Waals surface area contributed by atoms with Gasteiger partial charge in [0.15, 0.2) is 28.9 Å². The number of fused-ring (bicyclic) bond motifs is 1. The predicted octanol–water partition coefficient (Wildman–Crippen LogP) is 4.59. The molecule has 2 aromatic heterocycles. The Hall–Kier alpha value is -4.42. The topological polar surface area (TPSA) is 102 Å². The summed E-state index contributed by atoms with van der Waals surface area (Å²) in [6, 6.07) is 7.44. The zero-order valence-electron chi connectivity index (χ0n) is 22.9. The lowest BCUT2D eigenvalue weighted by Gasteiger charge is -2.19. The van der Waals surface area contributed by atoms with E-state index in [4.69, 9.17) is 14.2 Å². The van der Waals surface area contributed by atoms with Crippen molar-refractivity contribution < 1.29 is 27.8 Å². The summed E-state index contributed by atoms with van der Waals surface area (Å²) in [5, 5.41) is 2.58. The van der Waals surface area contributed by atoms with Crippen LogP contribution in [0.15, 0.2) is 48.9 Å². The van der Waals surface area contributed by atoms with Gasteiger partial charge in [0, 0.05) is 49.9 Å². The van der Waals surface area contributed by atoms with Crippen LogP contribution in [0, 0.1) is 11.6 Å². The Balaban J connectivity index is 1.55. The van der Waals surface area contributed by atoms with E-state index in [1.165, 1.54) is 38.7 Å². The van der Waals surface area contributed by atoms with Crippen molar-refractivity contribution in [3.63, 3.8) is 0 Å². The monoisotopic (exact) mass is 552 g/mol. The van der Waals surface area contributed by atoms with Gasteiger partial charge in [-0.15, -0.1) is 0 Å². The van der Waals surface area contributed by atoms with E-state index >= 15 is 8.78 Å². The van der Waals surface area contributed by atoms with Crippen molar-refractivity contribution in [1.82, 2.24) is 24.8 Å². The van der Waals surface area contributed by atoms with Crippen LogP contribution in [0.4, 0.5) is 19.4 Å². The fraction of sp³-hybridized carbons (Fsp3) is 0.286. The molecule has 4 aromatic rings. The average Bonchev–Trinajstić information content (AvgIpc) is 2.94. The van der Waals surface area contributed by atoms with E-state index in [2.05, 4.69) is 30.1 Å². The molecule has 4 rings (SSSR count). The number of nitrogens with one attached hydrogen (secondary N) is 1. The zero-order valence-corrected chi connectivity index (χ0v) is 22.9. The van der Waals surface area contributed by atoms with Gasteiger partial charge in [-0.1, -0.05) is 6.07 Å². The van der Waals surface area contributed by atoms with Crippen LogP contribution in [-0.4, -0.2) is 79.3 Å². The largest absolute Gasteiger partial charge is 0.494 e. The van der Waals surface area contributed by atoms with Gasteiger partial charge < -0.3 is 24.0 Å². The number of benzene rings is 2. The number of hydrogen-bond acceptors (Lipinski definition) is 9. The molecule has 0 spiro atoms. The van der Waals surface area contributed by atoms with E-state index in [0.717, 1.165) is 24.7 Å². The van der Waals surface area contributed by atoms with Crippen LogP contribution in [0.2, 0.25) is 0 Å². The van der Waals surface area contributed by atoms with Crippen molar-refractivity contribution in [2.45, 2.75) is 6.54 Å². The van der Waals surface area contributed by atoms with E-state index in [1.807, 2.05) is 27.2 Å². The molecule has 12 heteroatoms. The summed E-state index contributed by atoms with van der Waals surface area (Å²) in [6.07, 6.45) is 3.62. The van der Waals surface area contributed by atoms with Crippen LogP contribution >= 0.6 is 0 Å². The number of methoxy groups -OCH3 is 2. The molecule has 210 valence electrons. The number of ether oxygens (including phenoxy) is 3. The highest BCUT2D eigenvalue weighted by Gasteiger charge is 2.25. The zero-order chi connectivity index (χ0) is 28.8. The highest BCUT2D eigenvalue weighted by atomic mass is 19.1. The minimum Gasteiger partial charge on any atom is -0.494 e. The molecular weight excluding hydrogens is 522 g/mol. The molecule has 40 heavy (non-hydrogen) atoms. The second-order valence-corrected chi connectivity index (χ2v) is 9.26. The fourth-order valence-corrected chi connectivity index (χ4v) is 4.02. The Bertz CT molecular complexity index is 1470. The molecule has 0 bridgehead atoms. The van der Waals surface area contributed by atoms with E-state index in [9.17, 15) is 4.79 Å². The Morgan fingerprint density at radius 3 is 2.15 bits per heavy atom. The maximum absolute atomic E-state index is 15.2. The third-order valence-electron chi connectivity index (χ3n) is 6.07. The number of amides is 1. The molecule has 0 aliphatic rings. The smallest absolute Gasteiger partial charge is 0.418 e. The lowest BCUT2D eigenvalue weighted by atomic mass is 10.0. The number of carbonyl (C=O) groups excluding carboxylic acids is 1. The number of rotatable bonds is 10. The number of aromatic nitrogens is 3. The van der Waals surface area contributed by atoms with Gasteiger partial charge in [-0.3, -0.25) is 10.3 Å². The van der Waals surface area contributed by atoms with E-state index in [0.29, 0.717) is 12.4 Å². The van der Waals surface area contributed by atoms with Gasteiger partial charge in [0.2, 0.25) is 0 Å². The summed E-state index contributed by atoms with van der Waals surface area (Å²) in [5.74, 6) is -1.94. The van der Waals surface area contributed by atoms with Crippen LogP contribution < -0.4 is 19.5 Å². The van der Waals surface area contributed by atoms with Gasteiger partial charge in [-0.05, 0) is 44.9 Å². The van der Waals surface area contributed by atoms with Crippen molar-refractivity contribution in [3.05, 3.63) is 66.1 Å². The van der Waals surface area contributed by atoms with Gasteiger partial charge in [0.05, 0.1) is 19.8 Å². The summed E-state index contributed by atoms with van der Waals surface area (Å²) in [6.45, 7) is 2.55. The molecule has 2 aromatic carbocycles. The van der Waals surface area contributed by atoms with Crippen LogP contribution in [0.5, 0.6) is 17.2 Å². The number of halogens is 2. The van der Waals surface area contributed by atoms with Crippen LogP contribution in [0.1, 0.15) is 5.56 Å². The molecule has 0 aliphatic carbocycles. The van der Waals surface area contributed by atoms with Crippen molar-refractivity contribution in [3.8, 4) is 28.4 Å². The van der Waals surface area contributed by atoms with Crippen molar-refractivity contribution in [1.29, 1.82) is 0 Å². The third-order valence-corrected chi connectivity index (χ3v) is 6.07. The summed E-state index contributed by atoms with van der Waals surface area (Å²) in [7, 11) is 8.60. The Morgan fingerprint density at radius 2 is 1.55 bits per heavy atom. The van der Waals surface area contributed by atoms with E-state index < -0.39 is 23.3 Å². The highest BCUT2D eigenvalue weighted by molar-refractivity contribution is 5.97. The second-order valence-electron chi connectivity index (χ2n) is 9.26. The molecular formula is C28H30F2N6O4. The van der Waals surface area contributed by atoms with Crippen molar-refractivity contribution >= 4 is 22.9 Å². The van der Waals surface area contributed by atoms with Gasteiger partial charge in [0.25, 0.3) is 0 Å². The van der Waals surface area contributed by atoms with Crippen LogP contribution in [-0.2, 0) is 6.54 Å². The molecule has 0 fully saturated rings. The molecule has 1 N–H and O–H groups in total. The minimum absolute atomic E-state index is 0.0409. The van der Waals surface area contributed by atoms with E-state index in [-0.39, 0.29) is 33.8 Å². The van der Waals surface area contributed by atoms with Gasteiger partial charge in [-0.25, -0.2) is 23.5 Å². The molecule has 0 atom stereocenters. The van der Waals surface area contributed by atoms with E-state index in [1.54, 1.807) is 12.3 Å². The molecule has 10 nitrogen and oxygen atoms in total. The standard InChI is InChI=1S/C28H30F2N6O4/c1-35(2)12-13-36(3)16-17-6-9-22(33-15-17)34-28(37)40-19-8-7-18(26-27(19)32-11-10-31-26)23-24(29)20(38-4)14-21(39-5)25(23)30/h6-11,14-15H,12-13,16H2,1-5H3,(H,33,34,37). The Morgan fingerprint density at radius 1 is 0.875 bits per heavy atom. The number of carbonyl (C=O) groups is 1. The molecule has 0 saturated heterocycles. The maximum Gasteiger partial charge on any atom is 0.418 e. The third kappa shape index (κ3) is 6.41. The summed E-state index contributed by atoms with van der Waals surface area (Å²) in [4.78, 5) is 29.7. The lowest BCUT2D eigenvalue weighted by molar-refractivity contribution is 0.215. The number of pyridine rings is 1. The first-order valence-electron chi connectivity index (χ1n) is 12.3. The summed E-state index contributed by atoms with van der Waals surface area (Å²) >= 11 is 0. The quantitative estimate of drug-likeness (QED) is 0.303. The molecule has 0 unspecified atom stereocenters. The predicted molar refractivity (Wildman–Crippen MR) is 147 cm³/mol. The van der Waals surface area contributed by atoms with Crippen LogP contribution in [0.25, 0.3) is 22.2 Å². The summed E-state index contributed by atoms with van der Waals surface area (Å²) < 4.78 is 46.0.